The number of anilines is 1. The minimum atomic E-state index is -4.77. The fraction of sp³-hybridized carbons (Fsp3) is 0.143. The van der Waals surface area contributed by atoms with Gasteiger partial charge >= 0.3 is 16.6 Å². The molecule has 0 atom stereocenters. The average Bonchev–Trinajstić information content (AvgIpc) is 2.12. The Bertz CT molecular complexity index is 563. The van der Waals surface area contributed by atoms with Crippen molar-refractivity contribution in [2.45, 2.75) is 6.18 Å². The lowest BCUT2D eigenvalue weighted by molar-refractivity contribution is -0.388. The zero-order valence-electron chi connectivity index (χ0n) is 8.83. The van der Waals surface area contributed by atoms with Crippen molar-refractivity contribution in [3.63, 3.8) is 0 Å². The second-order valence-corrected chi connectivity index (χ2v) is 3.87. The molecule has 0 saturated heterocycles. The number of nitro groups is 1. The molecule has 8 nitrogen and oxygen atoms in total. The Morgan fingerprint density at radius 1 is 1.26 bits per heavy atom. The van der Waals surface area contributed by atoms with E-state index in [1.165, 1.54) is 0 Å². The zero-order chi connectivity index (χ0) is 15.4. The van der Waals surface area contributed by atoms with Gasteiger partial charge in [0.25, 0.3) is 5.69 Å². The number of rotatable bonds is 1. The first-order valence-corrected chi connectivity index (χ1v) is 5.53. The molecular formula is C7H7F3N2O6S. The Morgan fingerprint density at radius 2 is 1.68 bits per heavy atom. The number of nitrogens with two attached hydrogens (primary N) is 1. The molecule has 0 aliphatic rings. The summed E-state index contributed by atoms with van der Waals surface area (Å²) in [5.74, 6) is 0. The van der Waals surface area contributed by atoms with Gasteiger partial charge in [-0.05, 0) is 12.1 Å². The molecule has 108 valence electrons. The lowest BCUT2D eigenvalue weighted by atomic mass is 10.1. The topological polar surface area (TPSA) is 144 Å². The van der Waals surface area contributed by atoms with Crippen LogP contribution in [-0.4, -0.2) is 22.4 Å². The van der Waals surface area contributed by atoms with E-state index in [-0.39, 0.29) is 5.69 Å². The molecule has 0 amide bonds. The van der Waals surface area contributed by atoms with Gasteiger partial charge in [-0.2, -0.15) is 21.6 Å². The van der Waals surface area contributed by atoms with Crippen LogP contribution in [0.4, 0.5) is 24.5 Å². The zero-order valence-corrected chi connectivity index (χ0v) is 9.64. The number of benzene rings is 1. The third-order valence-corrected chi connectivity index (χ3v) is 1.52. The fourth-order valence-electron chi connectivity index (χ4n) is 0.940. The number of nitro benzene ring substituents is 1. The molecule has 0 spiro atoms. The van der Waals surface area contributed by atoms with E-state index in [1.54, 1.807) is 0 Å². The van der Waals surface area contributed by atoms with E-state index in [0.29, 0.717) is 6.07 Å². The van der Waals surface area contributed by atoms with Crippen LogP contribution in [0.2, 0.25) is 0 Å². The first kappa shape index (κ1) is 17.1. The summed E-state index contributed by atoms with van der Waals surface area (Å²) >= 11 is 0. The number of hydrogen-bond donors (Lipinski definition) is 3. The summed E-state index contributed by atoms with van der Waals surface area (Å²) in [5, 5.41) is 10.2. The van der Waals surface area contributed by atoms with Crippen molar-refractivity contribution in [1.29, 1.82) is 0 Å². The van der Waals surface area contributed by atoms with Crippen LogP contribution < -0.4 is 5.73 Å². The molecule has 0 aliphatic heterocycles. The standard InChI is InChI=1S/C7H5F3N2O2.H2O4S/c8-7(9,10)5-3-4(11)1-2-6(5)12(13)14;1-5(2,3)4/h1-3H,11H2;(H2,1,2,3,4). The van der Waals surface area contributed by atoms with E-state index in [1.807, 2.05) is 0 Å². The maximum atomic E-state index is 12.2. The Balaban J connectivity index is 0.000000555. The average molecular weight is 304 g/mol. The molecule has 12 heteroatoms. The Labute approximate surface area is 104 Å². The summed E-state index contributed by atoms with van der Waals surface area (Å²) in [6.45, 7) is 0. The van der Waals surface area contributed by atoms with Gasteiger partial charge in [-0.15, -0.1) is 0 Å². The predicted molar refractivity (Wildman–Crippen MR) is 56.7 cm³/mol. The highest BCUT2D eigenvalue weighted by Crippen LogP contribution is 2.36. The van der Waals surface area contributed by atoms with E-state index >= 15 is 0 Å². The summed E-state index contributed by atoms with van der Waals surface area (Å²) in [5.41, 5.74) is 2.61. The molecule has 1 aromatic carbocycles. The Hall–Kier alpha value is -1.92. The van der Waals surface area contributed by atoms with E-state index in [0.717, 1.165) is 12.1 Å². The predicted octanol–water partition coefficient (Wildman–Crippen LogP) is 1.54. The summed E-state index contributed by atoms with van der Waals surface area (Å²) in [6.07, 6.45) is -4.77. The second-order valence-electron chi connectivity index (χ2n) is 2.98. The van der Waals surface area contributed by atoms with Crippen LogP contribution in [0, 0.1) is 10.1 Å². The van der Waals surface area contributed by atoms with Crippen LogP contribution in [0.5, 0.6) is 0 Å². The van der Waals surface area contributed by atoms with Crippen LogP contribution in [0.25, 0.3) is 0 Å². The van der Waals surface area contributed by atoms with Gasteiger partial charge < -0.3 is 5.73 Å². The highest BCUT2D eigenvalue weighted by molar-refractivity contribution is 7.79. The van der Waals surface area contributed by atoms with Gasteiger partial charge in [-0.3, -0.25) is 19.2 Å². The van der Waals surface area contributed by atoms with Gasteiger partial charge in [0.15, 0.2) is 0 Å². The van der Waals surface area contributed by atoms with Crippen molar-refractivity contribution in [1.82, 2.24) is 0 Å². The van der Waals surface area contributed by atoms with Gasteiger partial charge in [0.05, 0.1) is 4.92 Å². The van der Waals surface area contributed by atoms with Gasteiger partial charge in [0, 0.05) is 11.8 Å². The van der Waals surface area contributed by atoms with Gasteiger partial charge in [-0.25, -0.2) is 0 Å². The van der Waals surface area contributed by atoms with Gasteiger partial charge in [0.2, 0.25) is 0 Å². The van der Waals surface area contributed by atoms with Gasteiger partial charge in [0.1, 0.15) is 5.56 Å². The van der Waals surface area contributed by atoms with Crippen molar-refractivity contribution in [2.24, 2.45) is 0 Å². The van der Waals surface area contributed by atoms with E-state index in [9.17, 15) is 23.3 Å². The third-order valence-electron chi connectivity index (χ3n) is 1.52. The molecule has 0 radical (unpaired) electrons. The molecule has 0 aliphatic carbocycles. The molecule has 4 N–H and O–H groups in total. The van der Waals surface area contributed by atoms with Crippen LogP contribution in [0.15, 0.2) is 18.2 Å². The van der Waals surface area contributed by atoms with E-state index < -0.39 is 32.7 Å². The molecule has 0 heterocycles. The SMILES string of the molecule is Nc1ccc([N+](=O)[O-])c(C(F)(F)F)c1.O=S(=O)(O)O. The normalized spacial score (nSPS) is 11.4. The number of alkyl halides is 3. The molecule has 0 fully saturated rings. The molecule has 0 aromatic heterocycles. The lowest BCUT2D eigenvalue weighted by Crippen LogP contribution is -2.09. The van der Waals surface area contributed by atoms with Crippen molar-refractivity contribution < 1.29 is 35.6 Å². The molecule has 1 rings (SSSR count). The molecule has 0 bridgehead atoms. The molecule has 1 aromatic rings. The monoisotopic (exact) mass is 304 g/mol. The quantitative estimate of drug-likeness (QED) is 0.309. The number of nitrogens with zero attached hydrogens (tertiary/aromatic N) is 1. The smallest absolute Gasteiger partial charge is 0.399 e. The van der Waals surface area contributed by atoms with E-state index in [4.69, 9.17) is 23.3 Å². The maximum Gasteiger partial charge on any atom is 0.423 e. The summed E-state index contributed by atoms with van der Waals surface area (Å²) in [4.78, 5) is 9.15. The Kier molecular flexibility index (Phi) is 5.23. The second kappa shape index (κ2) is 5.81. The lowest BCUT2D eigenvalue weighted by Gasteiger charge is -2.07. The number of halogens is 3. The molecular weight excluding hydrogens is 297 g/mol. The summed E-state index contributed by atoms with van der Waals surface area (Å²) in [6, 6.07) is 2.32. The first-order chi connectivity index (χ1) is 8.32. The highest BCUT2D eigenvalue weighted by atomic mass is 32.3. The molecule has 0 unspecified atom stereocenters. The largest absolute Gasteiger partial charge is 0.423 e. The summed E-state index contributed by atoms with van der Waals surface area (Å²) in [7, 11) is -4.67. The minimum absolute atomic E-state index is 0.164. The number of nitrogen functional groups attached to an aromatic ring is 1. The first-order valence-electron chi connectivity index (χ1n) is 4.13. The maximum absolute atomic E-state index is 12.2. The van der Waals surface area contributed by atoms with Crippen molar-refractivity contribution >= 4 is 21.8 Å². The number of hydrogen-bond acceptors (Lipinski definition) is 5. The minimum Gasteiger partial charge on any atom is -0.399 e. The van der Waals surface area contributed by atoms with Crippen molar-refractivity contribution in [3.8, 4) is 0 Å². The van der Waals surface area contributed by atoms with Gasteiger partial charge in [-0.1, -0.05) is 0 Å². The molecule has 19 heavy (non-hydrogen) atoms. The van der Waals surface area contributed by atoms with Crippen molar-refractivity contribution in [2.75, 3.05) is 5.73 Å². The van der Waals surface area contributed by atoms with Crippen LogP contribution in [0.3, 0.4) is 0 Å². The highest BCUT2D eigenvalue weighted by Gasteiger charge is 2.38. The summed E-state index contributed by atoms with van der Waals surface area (Å²) < 4.78 is 68.3. The van der Waals surface area contributed by atoms with Crippen molar-refractivity contribution in [3.05, 3.63) is 33.9 Å². The van der Waals surface area contributed by atoms with E-state index in [2.05, 4.69) is 0 Å². The Morgan fingerprint density at radius 3 is 2.00 bits per heavy atom. The van der Waals surface area contributed by atoms with Crippen LogP contribution in [0.1, 0.15) is 5.56 Å². The third kappa shape index (κ3) is 7.17. The molecule has 0 saturated carbocycles. The fourth-order valence-corrected chi connectivity index (χ4v) is 0.940. The van der Waals surface area contributed by atoms with Crippen LogP contribution in [-0.2, 0) is 16.6 Å². The van der Waals surface area contributed by atoms with Crippen LogP contribution >= 0.6 is 0 Å².